The Hall–Kier alpha value is -3.40. The molecule has 0 aliphatic heterocycles. The number of aromatic nitrogens is 3. The van der Waals surface area contributed by atoms with E-state index in [-0.39, 0.29) is 23.2 Å². The predicted molar refractivity (Wildman–Crippen MR) is 103 cm³/mol. The highest BCUT2D eigenvalue weighted by molar-refractivity contribution is 7.09. The van der Waals surface area contributed by atoms with Gasteiger partial charge in [0.25, 0.3) is 5.91 Å². The number of hydrogen-bond donors (Lipinski definition) is 3. The van der Waals surface area contributed by atoms with Gasteiger partial charge in [0.1, 0.15) is 5.69 Å². The fourth-order valence-electron chi connectivity index (χ4n) is 2.95. The van der Waals surface area contributed by atoms with E-state index in [1.165, 1.54) is 29.8 Å². The molecular weight excluding hydrogens is 405 g/mol. The molecular formula is C19H13F3N4O2S. The molecule has 3 aromatic heterocycles. The molecule has 3 heterocycles. The molecule has 148 valence electrons. The van der Waals surface area contributed by atoms with E-state index in [1.807, 2.05) is 17.5 Å². The quantitative estimate of drug-likeness (QED) is 0.469. The van der Waals surface area contributed by atoms with E-state index in [0.29, 0.717) is 5.56 Å². The average Bonchev–Trinajstić information content (AvgIpc) is 3.38. The van der Waals surface area contributed by atoms with Crippen molar-refractivity contribution in [2.75, 3.05) is 0 Å². The molecule has 0 fully saturated rings. The Bertz CT molecular complexity index is 1230. The highest BCUT2D eigenvalue weighted by Crippen LogP contribution is 2.36. The van der Waals surface area contributed by atoms with Gasteiger partial charge in [-0.2, -0.15) is 18.3 Å². The van der Waals surface area contributed by atoms with Gasteiger partial charge in [-0.15, -0.1) is 11.3 Å². The minimum Gasteiger partial charge on any atom is -0.350 e. The molecule has 0 bridgehead atoms. The fraction of sp³-hybridized carbons (Fsp3) is 0.105. The first kappa shape index (κ1) is 18.9. The highest BCUT2D eigenvalue weighted by atomic mass is 32.1. The smallest absolute Gasteiger partial charge is 0.350 e. The Morgan fingerprint density at radius 1 is 1.21 bits per heavy atom. The number of thiophene rings is 1. The molecule has 0 spiro atoms. The summed E-state index contributed by atoms with van der Waals surface area (Å²) >= 11 is 1.43. The molecule has 1 aromatic carbocycles. The van der Waals surface area contributed by atoms with Crippen LogP contribution in [0.15, 0.2) is 52.9 Å². The summed E-state index contributed by atoms with van der Waals surface area (Å²) in [6.45, 7) is 0.210. The van der Waals surface area contributed by atoms with Crippen LogP contribution in [0.4, 0.5) is 13.2 Å². The van der Waals surface area contributed by atoms with Crippen molar-refractivity contribution in [1.29, 1.82) is 0 Å². The lowest BCUT2D eigenvalue weighted by atomic mass is 10.0. The van der Waals surface area contributed by atoms with Crippen molar-refractivity contribution in [2.45, 2.75) is 12.7 Å². The Morgan fingerprint density at radius 2 is 2.03 bits per heavy atom. The van der Waals surface area contributed by atoms with E-state index >= 15 is 0 Å². The maximum atomic E-state index is 13.7. The number of fused-ring (bicyclic) bond motifs is 1. The molecule has 0 radical (unpaired) electrons. The number of pyridine rings is 1. The summed E-state index contributed by atoms with van der Waals surface area (Å²) < 4.78 is 41.1. The molecule has 4 aromatic rings. The first-order valence-corrected chi connectivity index (χ1v) is 9.29. The van der Waals surface area contributed by atoms with Gasteiger partial charge in [0.15, 0.2) is 5.43 Å². The molecule has 0 saturated heterocycles. The number of hydrogen-bond acceptors (Lipinski definition) is 4. The molecule has 10 heteroatoms. The second-order valence-electron chi connectivity index (χ2n) is 6.24. The minimum atomic E-state index is -4.73. The van der Waals surface area contributed by atoms with Gasteiger partial charge in [0.2, 0.25) is 0 Å². The van der Waals surface area contributed by atoms with Crippen LogP contribution >= 0.6 is 11.3 Å². The number of nitrogens with zero attached hydrogens (tertiary/aromatic N) is 1. The SMILES string of the molecule is O=C(NCc1cccs1)c1cc(=O)c2cc(-c3cn[nH]c3)cc(C(F)(F)F)c2[nH]1. The van der Waals surface area contributed by atoms with Crippen LogP contribution in [-0.4, -0.2) is 21.1 Å². The Morgan fingerprint density at radius 3 is 2.69 bits per heavy atom. The summed E-state index contributed by atoms with van der Waals surface area (Å²) in [6.07, 6.45) is -1.93. The second-order valence-corrected chi connectivity index (χ2v) is 7.27. The first-order chi connectivity index (χ1) is 13.8. The average molecular weight is 418 g/mol. The van der Waals surface area contributed by atoms with Crippen LogP contribution in [0, 0.1) is 0 Å². The normalized spacial score (nSPS) is 11.7. The van der Waals surface area contributed by atoms with E-state index in [0.717, 1.165) is 17.0 Å². The zero-order valence-corrected chi connectivity index (χ0v) is 15.4. The standard InChI is InChI=1S/C19H13F3N4O2S/c20-19(21,22)14-5-10(11-7-24-25-8-11)4-13-16(27)6-15(26-17(13)14)18(28)23-9-12-2-1-3-29-12/h1-8H,9H2,(H,23,28)(H,24,25)(H,26,27). The van der Waals surface area contributed by atoms with Gasteiger partial charge in [0, 0.05) is 28.1 Å². The van der Waals surface area contributed by atoms with Gasteiger partial charge in [-0.3, -0.25) is 14.7 Å². The van der Waals surface area contributed by atoms with Crippen molar-refractivity contribution >= 4 is 28.1 Å². The van der Waals surface area contributed by atoms with Crippen molar-refractivity contribution in [3.8, 4) is 11.1 Å². The van der Waals surface area contributed by atoms with Crippen molar-refractivity contribution in [3.05, 3.63) is 74.5 Å². The third-order valence-electron chi connectivity index (χ3n) is 4.32. The lowest BCUT2D eigenvalue weighted by Crippen LogP contribution is -2.25. The monoisotopic (exact) mass is 418 g/mol. The van der Waals surface area contributed by atoms with Gasteiger partial charge in [-0.05, 0) is 29.1 Å². The third-order valence-corrected chi connectivity index (χ3v) is 5.20. The molecule has 0 unspecified atom stereocenters. The molecule has 3 N–H and O–H groups in total. The molecule has 0 atom stereocenters. The minimum absolute atomic E-state index is 0.161. The van der Waals surface area contributed by atoms with E-state index in [4.69, 9.17) is 0 Å². The summed E-state index contributed by atoms with van der Waals surface area (Å²) in [4.78, 5) is 28.3. The second kappa shape index (κ2) is 7.21. The summed E-state index contributed by atoms with van der Waals surface area (Å²) in [6, 6.07) is 6.91. The summed E-state index contributed by atoms with van der Waals surface area (Å²) in [5, 5.41) is 10.5. The lowest BCUT2D eigenvalue weighted by molar-refractivity contribution is -0.136. The molecule has 1 amide bonds. The number of aromatic amines is 2. The summed E-state index contributed by atoms with van der Waals surface area (Å²) in [5.41, 5.74) is -1.78. The number of benzene rings is 1. The van der Waals surface area contributed by atoms with Gasteiger partial charge in [-0.25, -0.2) is 0 Å². The van der Waals surface area contributed by atoms with Crippen LogP contribution in [-0.2, 0) is 12.7 Å². The van der Waals surface area contributed by atoms with E-state index in [9.17, 15) is 22.8 Å². The maximum absolute atomic E-state index is 13.7. The number of alkyl halides is 3. The zero-order chi connectivity index (χ0) is 20.6. The number of carbonyl (C=O) groups excluding carboxylic acids is 1. The predicted octanol–water partition coefficient (Wildman–Crippen LogP) is 3.93. The van der Waals surface area contributed by atoms with Gasteiger partial charge in [-0.1, -0.05) is 6.07 Å². The van der Waals surface area contributed by atoms with Crippen LogP contribution < -0.4 is 10.7 Å². The maximum Gasteiger partial charge on any atom is 0.418 e. The number of halogens is 3. The van der Waals surface area contributed by atoms with E-state index in [1.54, 1.807) is 0 Å². The molecule has 0 saturated carbocycles. The third kappa shape index (κ3) is 3.79. The highest BCUT2D eigenvalue weighted by Gasteiger charge is 2.34. The van der Waals surface area contributed by atoms with Crippen LogP contribution in [0.3, 0.4) is 0 Å². The molecule has 6 nitrogen and oxygen atoms in total. The van der Waals surface area contributed by atoms with Crippen molar-refractivity contribution in [2.24, 2.45) is 0 Å². The van der Waals surface area contributed by atoms with Gasteiger partial charge < -0.3 is 10.3 Å². The zero-order valence-electron chi connectivity index (χ0n) is 14.6. The van der Waals surface area contributed by atoms with Crippen molar-refractivity contribution in [1.82, 2.24) is 20.5 Å². The van der Waals surface area contributed by atoms with Gasteiger partial charge >= 0.3 is 6.18 Å². The van der Waals surface area contributed by atoms with Crippen LogP contribution in [0.25, 0.3) is 22.0 Å². The number of rotatable bonds is 4. The van der Waals surface area contributed by atoms with Crippen LogP contribution in [0.1, 0.15) is 20.9 Å². The Balaban J connectivity index is 1.81. The molecule has 0 aliphatic carbocycles. The topological polar surface area (TPSA) is 90.6 Å². The van der Waals surface area contributed by atoms with Crippen molar-refractivity contribution < 1.29 is 18.0 Å². The van der Waals surface area contributed by atoms with E-state index in [2.05, 4.69) is 20.5 Å². The van der Waals surface area contributed by atoms with Crippen LogP contribution in [0.5, 0.6) is 0 Å². The van der Waals surface area contributed by atoms with E-state index < -0.39 is 28.6 Å². The fourth-order valence-corrected chi connectivity index (χ4v) is 3.59. The summed E-state index contributed by atoms with van der Waals surface area (Å²) in [7, 11) is 0. The molecule has 4 rings (SSSR count). The Labute approximate surface area is 165 Å². The number of amides is 1. The number of carbonyl (C=O) groups is 1. The molecule has 0 aliphatic rings. The number of H-pyrrole nitrogens is 2. The first-order valence-electron chi connectivity index (χ1n) is 8.41. The Kier molecular flexibility index (Phi) is 4.71. The molecule has 29 heavy (non-hydrogen) atoms. The lowest BCUT2D eigenvalue weighted by Gasteiger charge is -2.13. The largest absolute Gasteiger partial charge is 0.418 e. The van der Waals surface area contributed by atoms with Crippen LogP contribution in [0.2, 0.25) is 0 Å². The summed E-state index contributed by atoms with van der Waals surface area (Å²) in [5.74, 6) is -0.663. The van der Waals surface area contributed by atoms with Crippen molar-refractivity contribution in [3.63, 3.8) is 0 Å². The number of nitrogens with one attached hydrogen (secondary N) is 3. The van der Waals surface area contributed by atoms with Gasteiger partial charge in [0.05, 0.1) is 23.8 Å².